The zero-order valence-corrected chi connectivity index (χ0v) is 12.1. The van der Waals surface area contributed by atoms with E-state index in [0.717, 1.165) is 11.3 Å². The molecule has 0 aliphatic rings. The summed E-state index contributed by atoms with van der Waals surface area (Å²) in [6, 6.07) is 9.47. The van der Waals surface area contributed by atoms with Gasteiger partial charge in [0.15, 0.2) is 0 Å². The zero-order valence-electron chi connectivity index (χ0n) is 12.1. The molecular formula is C15H18N4O2. The Morgan fingerprint density at radius 1 is 1.29 bits per heavy atom. The number of nitrogens with zero attached hydrogens (tertiary/aromatic N) is 3. The Kier molecular flexibility index (Phi) is 4.37. The number of hydrogen-bond acceptors (Lipinski definition) is 3. The molecule has 1 heterocycles. The number of benzene rings is 1. The van der Waals surface area contributed by atoms with Crippen LogP contribution in [0.1, 0.15) is 21.6 Å². The van der Waals surface area contributed by atoms with Gasteiger partial charge in [0.2, 0.25) is 5.91 Å². The molecule has 2 rings (SSSR count). The van der Waals surface area contributed by atoms with Crippen molar-refractivity contribution in [2.24, 2.45) is 12.8 Å². The van der Waals surface area contributed by atoms with Crippen molar-refractivity contribution in [1.29, 1.82) is 0 Å². The van der Waals surface area contributed by atoms with Crippen LogP contribution in [0, 0.1) is 6.92 Å². The monoisotopic (exact) mass is 286 g/mol. The first-order chi connectivity index (χ1) is 9.99. The first-order valence-electron chi connectivity index (χ1n) is 6.59. The third-order valence-electron chi connectivity index (χ3n) is 3.32. The number of carbonyl (C=O) groups is 2. The minimum Gasteiger partial charge on any atom is -0.368 e. The second kappa shape index (κ2) is 6.21. The summed E-state index contributed by atoms with van der Waals surface area (Å²) in [6.45, 7) is 2.02. The van der Waals surface area contributed by atoms with Crippen molar-refractivity contribution in [2.45, 2.75) is 13.5 Å². The summed E-state index contributed by atoms with van der Waals surface area (Å²) in [5.74, 6) is -0.788. The molecular weight excluding hydrogens is 268 g/mol. The quantitative estimate of drug-likeness (QED) is 0.885. The lowest BCUT2D eigenvalue weighted by Gasteiger charge is -2.21. The van der Waals surface area contributed by atoms with Crippen molar-refractivity contribution in [3.8, 4) is 0 Å². The number of carbonyl (C=O) groups excluding carboxylic acids is 2. The van der Waals surface area contributed by atoms with E-state index in [4.69, 9.17) is 5.73 Å². The van der Waals surface area contributed by atoms with E-state index in [0.29, 0.717) is 12.1 Å². The average Bonchev–Trinajstić information content (AvgIpc) is 2.78. The summed E-state index contributed by atoms with van der Waals surface area (Å²) in [5, 5.41) is 4.06. The van der Waals surface area contributed by atoms with Crippen LogP contribution in [-0.2, 0) is 18.4 Å². The van der Waals surface area contributed by atoms with Gasteiger partial charge in [-0.15, -0.1) is 0 Å². The fourth-order valence-electron chi connectivity index (χ4n) is 2.07. The lowest BCUT2D eigenvalue weighted by Crippen LogP contribution is -2.38. The number of nitrogens with two attached hydrogens (primary N) is 1. The van der Waals surface area contributed by atoms with Crippen molar-refractivity contribution < 1.29 is 9.59 Å². The Morgan fingerprint density at radius 2 is 1.95 bits per heavy atom. The summed E-state index contributed by atoms with van der Waals surface area (Å²) in [4.78, 5) is 25.2. The molecule has 0 saturated carbocycles. The van der Waals surface area contributed by atoms with E-state index in [1.165, 1.54) is 11.1 Å². The molecule has 0 unspecified atom stereocenters. The van der Waals surface area contributed by atoms with E-state index in [9.17, 15) is 9.59 Å². The van der Waals surface area contributed by atoms with Crippen LogP contribution in [0.2, 0.25) is 0 Å². The van der Waals surface area contributed by atoms with Gasteiger partial charge in [-0.25, -0.2) is 0 Å². The van der Waals surface area contributed by atoms with Crippen LogP contribution in [0.4, 0.5) is 0 Å². The van der Waals surface area contributed by atoms with E-state index >= 15 is 0 Å². The molecule has 0 radical (unpaired) electrons. The van der Waals surface area contributed by atoms with Gasteiger partial charge in [0, 0.05) is 19.3 Å². The van der Waals surface area contributed by atoms with E-state index < -0.39 is 5.91 Å². The largest absolute Gasteiger partial charge is 0.368 e. The Labute approximate surface area is 123 Å². The number of aryl methyl sites for hydroxylation is 1. The molecule has 1 aromatic carbocycles. The number of hydrogen-bond donors (Lipinski definition) is 1. The molecule has 1 aromatic heterocycles. The van der Waals surface area contributed by atoms with E-state index in [2.05, 4.69) is 5.10 Å². The average molecular weight is 286 g/mol. The minimum absolute atomic E-state index is 0.123. The predicted molar refractivity (Wildman–Crippen MR) is 78.3 cm³/mol. The normalized spacial score (nSPS) is 10.4. The second-order valence-corrected chi connectivity index (χ2v) is 4.88. The van der Waals surface area contributed by atoms with Crippen LogP contribution >= 0.6 is 0 Å². The Balaban J connectivity index is 2.25. The van der Waals surface area contributed by atoms with Crippen LogP contribution in [0.25, 0.3) is 0 Å². The maximum absolute atomic E-state index is 12.6. The molecule has 6 heteroatoms. The van der Waals surface area contributed by atoms with Crippen LogP contribution in [0.3, 0.4) is 0 Å². The van der Waals surface area contributed by atoms with Gasteiger partial charge in [0.1, 0.15) is 0 Å². The zero-order chi connectivity index (χ0) is 15.4. The standard InChI is InChI=1S/C15H18N4O2/c1-11-13(8-17-18(11)2)15(21)19(10-14(16)20)9-12-6-4-3-5-7-12/h3-8H,9-10H2,1-2H3,(H2,16,20). The van der Waals surface area contributed by atoms with Gasteiger partial charge in [-0.05, 0) is 12.5 Å². The maximum atomic E-state index is 12.6. The molecule has 0 aliphatic heterocycles. The molecule has 110 valence electrons. The molecule has 21 heavy (non-hydrogen) atoms. The molecule has 0 aliphatic carbocycles. The molecule has 2 amide bonds. The Bertz CT molecular complexity index is 649. The predicted octanol–water partition coefficient (Wildman–Crippen LogP) is 0.856. The summed E-state index contributed by atoms with van der Waals surface area (Å²) in [5.41, 5.74) is 7.42. The lowest BCUT2D eigenvalue weighted by molar-refractivity contribution is -0.118. The van der Waals surface area contributed by atoms with Gasteiger partial charge in [-0.1, -0.05) is 30.3 Å². The van der Waals surface area contributed by atoms with Crippen molar-refractivity contribution in [3.63, 3.8) is 0 Å². The van der Waals surface area contributed by atoms with Gasteiger partial charge >= 0.3 is 0 Å². The van der Waals surface area contributed by atoms with Crippen LogP contribution in [0.15, 0.2) is 36.5 Å². The number of amides is 2. The van der Waals surface area contributed by atoms with E-state index in [1.807, 2.05) is 37.3 Å². The van der Waals surface area contributed by atoms with Crippen LogP contribution in [-0.4, -0.2) is 33.0 Å². The first-order valence-corrected chi connectivity index (χ1v) is 6.59. The Morgan fingerprint density at radius 3 is 2.48 bits per heavy atom. The van der Waals surface area contributed by atoms with Crippen LogP contribution < -0.4 is 5.73 Å². The fraction of sp³-hybridized carbons (Fsp3) is 0.267. The summed E-state index contributed by atoms with van der Waals surface area (Å²) in [6.07, 6.45) is 1.51. The van der Waals surface area contributed by atoms with E-state index in [-0.39, 0.29) is 12.5 Å². The first kappa shape index (κ1) is 14.8. The van der Waals surface area contributed by atoms with Gasteiger partial charge in [0.05, 0.1) is 18.3 Å². The van der Waals surface area contributed by atoms with Gasteiger partial charge < -0.3 is 10.6 Å². The van der Waals surface area contributed by atoms with Crippen molar-refractivity contribution in [1.82, 2.24) is 14.7 Å². The second-order valence-electron chi connectivity index (χ2n) is 4.88. The van der Waals surface area contributed by atoms with E-state index in [1.54, 1.807) is 11.7 Å². The van der Waals surface area contributed by atoms with Crippen molar-refractivity contribution >= 4 is 11.8 Å². The third-order valence-corrected chi connectivity index (χ3v) is 3.32. The molecule has 0 spiro atoms. The summed E-state index contributed by atoms with van der Waals surface area (Å²) in [7, 11) is 1.77. The molecule has 0 bridgehead atoms. The number of rotatable bonds is 5. The highest BCUT2D eigenvalue weighted by molar-refractivity contribution is 5.97. The van der Waals surface area contributed by atoms with Crippen molar-refractivity contribution in [3.05, 3.63) is 53.3 Å². The molecule has 0 saturated heterocycles. The SMILES string of the molecule is Cc1c(C(=O)N(CC(N)=O)Cc2ccccc2)cnn1C. The molecule has 6 nitrogen and oxygen atoms in total. The highest BCUT2D eigenvalue weighted by Crippen LogP contribution is 2.12. The highest BCUT2D eigenvalue weighted by atomic mass is 16.2. The number of aromatic nitrogens is 2. The number of primary amides is 1. The fourth-order valence-corrected chi connectivity index (χ4v) is 2.07. The van der Waals surface area contributed by atoms with Gasteiger partial charge in [-0.2, -0.15) is 5.10 Å². The van der Waals surface area contributed by atoms with Gasteiger partial charge in [0.25, 0.3) is 5.91 Å². The minimum atomic E-state index is -0.541. The van der Waals surface area contributed by atoms with Crippen LogP contribution in [0.5, 0.6) is 0 Å². The molecule has 0 atom stereocenters. The van der Waals surface area contributed by atoms with Crippen molar-refractivity contribution in [2.75, 3.05) is 6.54 Å². The highest BCUT2D eigenvalue weighted by Gasteiger charge is 2.21. The lowest BCUT2D eigenvalue weighted by atomic mass is 10.1. The third kappa shape index (κ3) is 3.47. The maximum Gasteiger partial charge on any atom is 0.258 e. The Hall–Kier alpha value is -2.63. The summed E-state index contributed by atoms with van der Waals surface area (Å²) < 4.78 is 1.62. The molecule has 2 N–H and O–H groups in total. The smallest absolute Gasteiger partial charge is 0.258 e. The van der Waals surface area contributed by atoms with Gasteiger partial charge in [-0.3, -0.25) is 14.3 Å². The topological polar surface area (TPSA) is 81.2 Å². The molecule has 0 fully saturated rings. The molecule has 2 aromatic rings. The summed E-state index contributed by atoms with van der Waals surface area (Å²) >= 11 is 0.